The first-order valence-electron chi connectivity index (χ1n) is 3.03. The van der Waals surface area contributed by atoms with Crippen LogP contribution in [0.25, 0.3) is 0 Å². The zero-order valence-electron chi connectivity index (χ0n) is 6.10. The van der Waals surface area contributed by atoms with Gasteiger partial charge in [-0.15, -0.1) is 11.6 Å². The van der Waals surface area contributed by atoms with E-state index in [1.165, 1.54) is 0 Å². The lowest BCUT2D eigenvalue weighted by Crippen LogP contribution is -2.16. The summed E-state index contributed by atoms with van der Waals surface area (Å²) in [7, 11) is 0. The zero-order chi connectivity index (χ0) is 8.31. The molecule has 0 amide bonds. The number of hydrogen-bond acceptors (Lipinski definition) is 1. The molecule has 10 heavy (non-hydrogen) atoms. The first-order valence-corrected chi connectivity index (χ1v) is 3.46. The van der Waals surface area contributed by atoms with E-state index in [9.17, 15) is 4.79 Å². The highest BCUT2D eigenvalue weighted by molar-refractivity contribution is 6.25. The normalized spacial score (nSPS) is 13.2. The Morgan fingerprint density at radius 3 is 2.10 bits per heavy atom. The number of halogens is 1. The van der Waals surface area contributed by atoms with Crippen molar-refractivity contribution >= 4 is 17.6 Å². The minimum absolute atomic E-state index is 0.0664. The van der Waals surface area contributed by atoms with Gasteiger partial charge in [0.1, 0.15) is 0 Å². The number of alkyl halides is 1. The fourth-order valence-electron chi connectivity index (χ4n) is 0.520. The third-order valence-electron chi connectivity index (χ3n) is 1.19. The van der Waals surface area contributed by atoms with E-state index in [1.54, 1.807) is 0 Å². The summed E-state index contributed by atoms with van der Waals surface area (Å²) in [6, 6.07) is 0. The second-order valence-corrected chi connectivity index (χ2v) is 2.95. The molecule has 0 saturated heterocycles. The van der Waals surface area contributed by atoms with E-state index in [-0.39, 0.29) is 11.5 Å². The van der Waals surface area contributed by atoms with Crippen LogP contribution in [0.5, 0.6) is 0 Å². The minimum atomic E-state index is -1.02. The van der Waals surface area contributed by atoms with Crippen LogP contribution >= 0.6 is 11.6 Å². The second kappa shape index (κ2) is 3.62. The van der Waals surface area contributed by atoms with Crippen molar-refractivity contribution in [1.29, 1.82) is 0 Å². The first kappa shape index (κ1) is 9.50. The first-order chi connectivity index (χ1) is 4.46. The Hall–Kier alpha value is -0.500. The Morgan fingerprint density at radius 1 is 1.60 bits per heavy atom. The molecule has 3 heteroatoms. The van der Waals surface area contributed by atoms with E-state index < -0.39 is 11.3 Å². The van der Waals surface area contributed by atoms with E-state index in [0.29, 0.717) is 0 Å². The molecule has 0 saturated carbocycles. The number of carboxylic acid groups (broad SMARTS) is 1. The van der Waals surface area contributed by atoms with Crippen LogP contribution in [0, 0.1) is 5.92 Å². The van der Waals surface area contributed by atoms with Crippen molar-refractivity contribution in [3.8, 4) is 0 Å². The third kappa shape index (κ3) is 2.40. The van der Waals surface area contributed by atoms with E-state index >= 15 is 0 Å². The van der Waals surface area contributed by atoms with Gasteiger partial charge in [0.05, 0.1) is 5.38 Å². The van der Waals surface area contributed by atoms with Gasteiger partial charge in [-0.3, -0.25) is 0 Å². The molecular weight excluding hydrogens is 152 g/mol. The topological polar surface area (TPSA) is 37.3 Å². The Bertz CT molecular complexity index is 152. The monoisotopic (exact) mass is 162 g/mol. The van der Waals surface area contributed by atoms with Gasteiger partial charge in [-0.05, 0) is 5.92 Å². The molecule has 0 radical (unpaired) electrons. The predicted molar refractivity (Wildman–Crippen MR) is 41.3 cm³/mol. The van der Waals surface area contributed by atoms with Gasteiger partial charge in [0.15, 0.2) is 0 Å². The second-order valence-electron chi connectivity index (χ2n) is 2.48. The van der Waals surface area contributed by atoms with Gasteiger partial charge in [-0.2, -0.15) is 0 Å². The van der Waals surface area contributed by atoms with Crippen LogP contribution in [-0.4, -0.2) is 16.5 Å². The molecule has 2 nitrogen and oxygen atoms in total. The number of carboxylic acids is 1. The van der Waals surface area contributed by atoms with Gasteiger partial charge in [-0.25, -0.2) is 4.79 Å². The summed E-state index contributed by atoms with van der Waals surface area (Å²) < 4.78 is 0. The van der Waals surface area contributed by atoms with Crippen LogP contribution in [0.15, 0.2) is 12.2 Å². The van der Waals surface area contributed by atoms with Crippen LogP contribution < -0.4 is 0 Å². The van der Waals surface area contributed by atoms with Crippen LogP contribution in [-0.2, 0) is 4.79 Å². The van der Waals surface area contributed by atoms with Crippen LogP contribution in [0.1, 0.15) is 13.8 Å². The molecule has 0 bridgehead atoms. The molecule has 0 aliphatic carbocycles. The predicted octanol–water partition coefficient (Wildman–Crippen LogP) is 1.89. The number of hydrogen-bond donors (Lipinski definition) is 1. The quantitative estimate of drug-likeness (QED) is 0.508. The maximum absolute atomic E-state index is 10.3. The standard InChI is InChI=1S/C7H11ClO2/c1-4(2)6(8)5(3)7(9)10/h4,6H,3H2,1-2H3,(H,9,10). The molecule has 0 aliphatic heterocycles. The lowest BCUT2D eigenvalue weighted by molar-refractivity contribution is -0.132. The summed E-state index contributed by atoms with van der Waals surface area (Å²) in [6.07, 6.45) is 0. The smallest absolute Gasteiger partial charge is 0.332 e. The van der Waals surface area contributed by atoms with Crippen molar-refractivity contribution in [1.82, 2.24) is 0 Å². The summed E-state index contributed by atoms with van der Waals surface area (Å²) in [5.74, 6) is -0.904. The maximum atomic E-state index is 10.3. The summed E-state index contributed by atoms with van der Waals surface area (Å²) in [6.45, 7) is 7.05. The van der Waals surface area contributed by atoms with Crippen molar-refractivity contribution in [2.75, 3.05) is 0 Å². The molecule has 0 heterocycles. The molecule has 58 valence electrons. The van der Waals surface area contributed by atoms with Gasteiger partial charge in [0.2, 0.25) is 0 Å². The summed E-state index contributed by atoms with van der Waals surface area (Å²) >= 11 is 5.68. The molecule has 0 aromatic heterocycles. The lowest BCUT2D eigenvalue weighted by atomic mass is 10.0. The van der Waals surface area contributed by atoms with Crippen LogP contribution in [0.2, 0.25) is 0 Å². The highest BCUT2D eigenvalue weighted by Gasteiger charge is 2.18. The van der Waals surface area contributed by atoms with Gasteiger partial charge < -0.3 is 5.11 Å². The van der Waals surface area contributed by atoms with E-state index in [4.69, 9.17) is 16.7 Å². The maximum Gasteiger partial charge on any atom is 0.332 e. The Kier molecular flexibility index (Phi) is 3.43. The van der Waals surface area contributed by atoms with E-state index in [0.717, 1.165) is 0 Å². The van der Waals surface area contributed by atoms with Crippen molar-refractivity contribution in [2.45, 2.75) is 19.2 Å². The number of rotatable bonds is 3. The van der Waals surface area contributed by atoms with Crippen molar-refractivity contribution in [3.05, 3.63) is 12.2 Å². The average molecular weight is 163 g/mol. The molecule has 0 spiro atoms. The average Bonchev–Trinajstić information content (AvgIpc) is 1.84. The SMILES string of the molecule is C=C(C(=O)O)C(Cl)C(C)C. The molecular formula is C7H11ClO2. The van der Waals surface area contributed by atoms with Gasteiger partial charge >= 0.3 is 5.97 Å². The molecule has 1 atom stereocenters. The summed E-state index contributed by atoms with van der Waals surface area (Å²) in [4.78, 5) is 10.3. The van der Waals surface area contributed by atoms with Crippen molar-refractivity contribution in [2.24, 2.45) is 5.92 Å². The van der Waals surface area contributed by atoms with Gasteiger partial charge in [0.25, 0.3) is 0 Å². The van der Waals surface area contributed by atoms with Crippen LogP contribution in [0.4, 0.5) is 0 Å². The Balaban J connectivity index is 4.08. The van der Waals surface area contributed by atoms with Gasteiger partial charge in [-0.1, -0.05) is 20.4 Å². The fourth-order valence-corrected chi connectivity index (χ4v) is 0.614. The van der Waals surface area contributed by atoms with E-state index in [1.807, 2.05) is 13.8 Å². The van der Waals surface area contributed by atoms with E-state index in [2.05, 4.69) is 6.58 Å². The van der Waals surface area contributed by atoms with Crippen molar-refractivity contribution < 1.29 is 9.90 Å². The molecule has 0 aromatic carbocycles. The Labute approximate surface area is 65.5 Å². The number of carbonyl (C=O) groups is 1. The lowest BCUT2D eigenvalue weighted by Gasteiger charge is -2.11. The molecule has 0 aromatic rings. The number of aliphatic carboxylic acids is 1. The third-order valence-corrected chi connectivity index (χ3v) is 1.96. The molecule has 0 aliphatic rings. The molecule has 0 fully saturated rings. The highest BCUT2D eigenvalue weighted by atomic mass is 35.5. The van der Waals surface area contributed by atoms with Crippen molar-refractivity contribution in [3.63, 3.8) is 0 Å². The largest absolute Gasteiger partial charge is 0.478 e. The fraction of sp³-hybridized carbons (Fsp3) is 0.571. The zero-order valence-corrected chi connectivity index (χ0v) is 6.85. The molecule has 1 unspecified atom stereocenters. The summed E-state index contributed by atoms with van der Waals surface area (Å²) in [5, 5.41) is 7.96. The van der Waals surface area contributed by atoms with Crippen LogP contribution in [0.3, 0.4) is 0 Å². The minimum Gasteiger partial charge on any atom is -0.478 e. The summed E-state index contributed by atoms with van der Waals surface area (Å²) in [5.41, 5.74) is 0.0664. The molecule has 1 N–H and O–H groups in total. The molecule has 0 rings (SSSR count). The van der Waals surface area contributed by atoms with Gasteiger partial charge in [0, 0.05) is 5.57 Å². The highest BCUT2D eigenvalue weighted by Crippen LogP contribution is 2.17. The Morgan fingerprint density at radius 2 is 2.00 bits per heavy atom.